The molecule has 9 heteroatoms. The number of carboxylic acid groups (broad SMARTS) is 1. The van der Waals surface area contributed by atoms with Crippen molar-refractivity contribution in [2.75, 3.05) is 19.7 Å². The van der Waals surface area contributed by atoms with E-state index in [1.54, 1.807) is 13.8 Å². The number of nitrogens with one attached hydrogen (secondary N) is 3. The van der Waals surface area contributed by atoms with Gasteiger partial charge in [0.1, 0.15) is 6.04 Å². The Morgan fingerprint density at radius 3 is 1.79 bits per heavy atom. The second-order valence-electron chi connectivity index (χ2n) is 16.6. The van der Waals surface area contributed by atoms with Crippen molar-refractivity contribution in [3.63, 3.8) is 0 Å². The van der Waals surface area contributed by atoms with Crippen LogP contribution in [0.3, 0.4) is 0 Å². The first-order valence-electron chi connectivity index (χ1n) is 15.5. The molecule has 0 aromatic carbocycles. The molecule has 0 fully saturated rings. The number of carbonyl (C=O) groups is 4. The van der Waals surface area contributed by atoms with E-state index in [0.717, 1.165) is 6.42 Å². The highest BCUT2D eigenvalue weighted by Gasteiger charge is 2.35. The van der Waals surface area contributed by atoms with Crippen LogP contribution < -0.4 is 16.0 Å². The van der Waals surface area contributed by atoms with Gasteiger partial charge in [-0.1, -0.05) is 83.1 Å². The molecular formula is C33H63N3O6. The summed E-state index contributed by atoms with van der Waals surface area (Å²) in [6.45, 7) is 27.9. The molecule has 0 heterocycles. The van der Waals surface area contributed by atoms with Gasteiger partial charge in [-0.2, -0.15) is 0 Å². The van der Waals surface area contributed by atoms with E-state index in [0.29, 0.717) is 39.0 Å². The smallest absolute Gasteiger partial charge is 0.326 e. The molecule has 0 radical (unpaired) electrons. The van der Waals surface area contributed by atoms with Gasteiger partial charge in [0.2, 0.25) is 17.7 Å². The van der Waals surface area contributed by atoms with Crippen LogP contribution in [-0.4, -0.2) is 60.6 Å². The Morgan fingerprint density at radius 2 is 1.29 bits per heavy atom. The van der Waals surface area contributed by atoms with Crippen molar-refractivity contribution in [2.45, 2.75) is 141 Å². The lowest BCUT2D eigenvalue weighted by Crippen LogP contribution is -2.48. The van der Waals surface area contributed by atoms with Crippen molar-refractivity contribution in [2.24, 2.45) is 27.1 Å². The molecule has 2 atom stereocenters. The number of hydrogen-bond acceptors (Lipinski definition) is 5. The van der Waals surface area contributed by atoms with Crippen LogP contribution in [-0.2, 0) is 23.9 Å². The van der Waals surface area contributed by atoms with E-state index in [1.165, 1.54) is 0 Å². The first-order valence-corrected chi connectivity index (χ1v) is 15.5. The van der Waals surface area contributed by atoms with Crippen molar-refractivity contribution in [3.8, 4) is 0 Å². The van der Waals surface area contributed by atoms with E-state index in [9.17, 15) is 24.3 Å². The second-order valence-corrected chi connectivity index (χ2v) is 16.6. The van der Waals surface area contributed by atoms with Crippen molar-refractivity contribution in [1.82, 2.24) is 16.0 Å². The van der Waals surface area contributed by atoms with Crippen LogP contribution in [0.1, 0.15) is 129 Å². The number of rotatable bonds is 18. The standard InChI is InChI=1S/C33H63N3O6/c1-23(42-19-17-32(10,11)27(40)35-22-31(8,9)20-29(2,3)4)16-18-34-25(37)15-14-24(26(38)39)36-28(41)33(12,13)21-30(5,6)7/h23-24H,14-22H2,1-13H3,(H,34,37)(H,35,40)(H,36,41)(H,38,39). The van der Waals surface area contributed by atoms with E-state index in [2.05, 4.69) is 50.6 Å². The average Bonchev–Trinajstić information content (AvgIpc) is 2.76. The van der Waals surface area contributed by atoms with Gasteiger partial charge in [-0.05, 0) is 55.3 Å². The summed E-state index contributed by atoms with van der Waals surface area (Å²) < 4.78 is 5.90. The first kappa shape index (κ1) is 39.8. The predicted octanol–water partition coefficient (Wildman–Crippen LogP) is 5.70. The molecule has 0 aromatic rings. The Kier molecular flexibility index (Phi) is 15.2. The molecule has 0 spiro atoms. The summed E-state index contributed by atoms with van der Waals surface area (Å²) >= 11 is 0. The van der Waals surface area contributed by atoms with Crippen LogP contribution in [0.25, 0.3) is 0 Å². The van der Waals surface area contributed by atoms with E-state index < -0.39 is 22.8 Å². The van der Waals surface area contributed by atoms with Crippen molar-refractivity contribution in [1.29, 1.82) is 0 Å². The summed E-state index contributed by atoms with van der Waals surface area (Å²) in [5, 5.41) is 18.1. The number of aliphatic carboxylic acids is 1. The van der Waals surface area contributed by atoms with Crippen LogP contribution in [0.5, 0.6) is 0 Å². The Balaban J connectivity index is 4.49. The van der Waals surface area contributed by atoms with Crippen LogP contribution >= 0.6 is 0 Å². The normalized spacial score (nSPS) is 14.6. The SMILES string of the molecule is CC(CCNC(=O)CCC(NC(=O)C(C)(C)CC(C)(C)C)C(=O)O)OCCC(C)(C)C(=O)NCC(C)(C)CC(C)(C)C. The molecule has 9 nitrogen and oxygen atoms in total. The van der Waals surface area contributed by atoms with E-state index in [-0.39, 0.29) is 52.9 Å². The van der Waals surface area contributed by atoms with E-state index >= 15 is 0 Å². The Labute approximate surface area is 256 Å². The van der Waals surface area contributed by atoms with Gasteiger partial charge in [0.15, 0.2) is 0 Å². The molecular weight excluding hydrogens is 534 g/mol. The zero-order chi connectivity index (χ0) is 33.2. The molecule has 3 amide bonds. The van der Waals surface area contributed by atoms with Crippen molar-refractivity contribution in [3.05, 3.63) is 0 Å². The third kappa shape index (κ3) is 17.7. The highest BCUT2D eigenvalue weighted by molar-refractivity contribution is 5.87. The summed E-state index contributed by atoms with van der Waals surface area (Å²) in [5.41, 5.74) is -1.19. The monoisotopic (exact) mass is 597 g/mol. The lowest BCUT2D eigenvalue weighted by Gasteiger charge is -2.34. The third-order valence-corrected chi connectivity index (χ3v) is 7.20. The molecule has 0 aromatic heterocycles. The number of carbonyl (C=O) groups excluding carboxylic acids is 3. The van der Waals surface area contributed by atoms with Crippen molar-refractivity contribution < 1.29 is 29.0 Å². The van der Waals surface area contributed by atoms with E-state index in [1.807, 2.05) is 41.5 Å². The van der Waals surface area contributed by atoms with Gasteiger partial charge in [-0.3, -0.25) is 14.4 Å². The highest BCUT2D eigenvalue weighted by atomic mass is 16.5. The molecule has 0 aliphatic rings. The van der Waals surface area contributed by atoms with Gasteiger partial charge >= 0.3 is 5.97 Å². The molecule has 42 heavy (non-hydrogen) atoms. The lowest BCUT2D eigenvalue weighted by atomic mass is 9.75. The minimum absolute atomic E-state index is 0.00487. The molecule has 0 saturated heterocycles. The molecule has 0 saturated carbocycles. The minimum atomic E-state index is -1.16. The number of hydrogen-bond donors (Lipinski definition) is 4. The molecule has 0 aliphatic heterocycles. The van der Waals surface area contributed by atoms with Gasteiger partial charge in [0.05, 0.1) is 6.10 Å². The Hall–Kier alpha value is -2.16. The lowest BCUT2D eigenvalue weighted by molar-refractivity contribution is -0.144. The fraction of sp³-hybridized carbons (Fsp3) is 0.879. The molecule has 0 bridgehead atoms. The first-order chi connectivity index (χ1) is 18.8. The van der Waals surface area contributed by atoms with Crippen LogP contribution in [0.4, 0.5) is 0 Å². The van der Waals surface area contributed by atoms with Gasteiger partial charge in [0.25, 0.3) is 0 Å². The minimum Gasteiger partial charge on any atom is -0.480 e. The van der Waals surface area contributed by atoms with Crippen LogP contribution in [0.15, 0.2) is 0 Å². The summed E-state index contributed by atoms with van der Waals surface area (Å²) in [6, 6.07) is -1.13. The van der Waals surface area contributed by atoms with E-state index in [4.69, 9.17) is 4.74 Å². The highest BCUT2D eigenvalue weighted by Crippen LogP contribution is 2.34. The van der Waals surface area contributed by atoms with Crippen molar-refractivity contribution >= 4 is 23.7 Å². The number of amides is 3. The van der Waals surface area contributed by atoms with Gasteiger partial charge in [-0.15, -0.1) is 0 Å². The maximum absolute atomic E-state index is 12.8. The summed E-state index contributed by atoms with van der Waals surface area (Å²) in [4.78, 5) is 49.6. The number of ether oxygens (including phenoxy) is 1. The van der Waals surface area contributed by atoms with Crippen LogP contribution in [0.2, 0.25) is 0 Å². The van der Waals surface area contributed by atoms with Gasteiger partial charge in [0, 0.05) is 36.9 Å². The maximum Gasteiger partial charge on any atom is 0.326 e. The zero-order valence-corrected chi connectivity index (χ0v) is 29.0. The summed E-state index contributed by atoms with van der Waals surface area (Å²) in [6.07, 6.45) is 2.64. The molecule has 2 unspecified atom stereocenters. The quantitative estimate of drug-likeness (QED) is 0.160. The zero-order valence-electron chi connectivity index (χ0n) is 29.0. The maximum atomic E-state index is 12.8. The largest absolute Gasteiger partial charge is 0.480 e. The molecule has 246 valence electrons. The van der Waals surface area contributed by atoms with Crippen LogP contribution in [0, 0.1) is 27.1 Å². The second kappa shape index (κ2) is 16.1. The third-order valence-electron chi connectivity index (χ3n) is 7.20. The number of carboxylic acids is 1. The Bertz CT molecular complexity index is 896. The van der Waals surface area contributed by atoms with Gasteiger partial charge in [-0.25, -0.2) is 4.79 Å². The molecule has 4 N–H and O–H groups in total. The molecule has 0 rings (SSSR count). The summed E-state index contributed by atoms with van der Waals surface area (Å²) in [5.74, 6) is -1.75. The topological polar surface area (TPSA) is 134 Å². The fourth-order valence-electron chi connectivity index (χ4n) is 5.56. The molecule has 0 aliphatic carbocycles. The Morgan fingerprint density at radius 1 is 0.738 bits per heavy atom. The fourth-order valence-corrected chi connectivity index (χ4v) is 5.56. The van der Waals surface area contributed by atoms with Gasteiger partial charge < -0.3 is 25.8 Å². The summed E-state index contributed by atoms with van der Waals surface area (Å²) in [7, 11) is 0. The average molecular weight is 598 g/mol. The predicted molar refractivity (Wildman–Crippen MR) is 169 cm³/mol.